The average molecular weight is 1020 g/mol. The third-order valence-corrected chi connectivity index (χ3v) is 12.2. The topological polar surface area (TPSA) is 187 Å². The summed E-state index contributed by atoms with van der Waals surface area (Å²) in [6.07, 6.45) is 5.49. The molecule has 0 fully saturated rings. The maximum atomic E-state index is 14.5. The van der Waals surface area contributed by atoms with Gasteiger partial charge in [0, 0.05) is 30.9 Å². The smallest absolute Gasteiger partial charge is 0.412 e. The average Bonchev–Trinajstić information content (AvgIpc) is 3.48. The number of pyridine rings is 2. The molecule has 386 valence electrons. The van der Waals surface area contributed by atoms with E-state index in [0.717, 1.165) is 33.4 Å². The first-order chi connectivity index (χ1) is 37.1. The van der Waals surface area contributed by atoms with Crippen molar-refractivity contribution in [3.8, 4) is 0 Å². The Bertz CT molecular complexity index is 3150. The first kappa shape index (κ1) is 54.2. The number of nitrogens with one attached hydrogen (secondary N) is 4. The number of H-pyrrole nitrogens is 1. The van der Waals surface area contributed by atoms with Gasteiger partial charge >= 0.3 is 18.2 Å². The molecule has 0 radical (unpaired) electrons. The van der Waals surface area contributed by atoms with E-state index in [1.807, 2.05) is 182 Å². The molecule has 0 spiro atoms. The van der Waals surface area contributed by atoms with Crippen molar-refractivity contribution in [2.75, 3.05) is 17.2 Å². The summed E-state index contributed by atoms with van der Waals surface area (Å²) in [7, 11) is 0. The number of aromatic nitrogens is 2. The van der Waals surface area contributed by atoms with E-state index in [9.17, 15) is 28.8 Å². The molecular weight excluding hydrogens is 959 g/mol. The molecule has 0 saturated heterocycles. The Kier molecular flexibility index (Phi) is 20.0. The molecule has 2 heterocycles. The van der Waals surface area contributed by atoms with Crippen LogP contribution in [0.1, 0.15) is 59.2 Å². The van der Waals surface area contributed by atoms with Crippen LogP contribution in [-0.2, 0) is 49.0 Å². The summed E-state index contributed by atoms with van der Waals surface area (Å²) in [5, 5.41) is 8.42. The van der Waals surface area contributed by atoms with E-state index in [4.69, 9.17) is 14.2 Å². The lowest BCUT2D eigenvalue weighted by atomic mass is 9.76. The number of amides is 3. The van der Waals surface area contributed by atoms with E-state index in [2.05, 4.69) is 20.9 Å². The number of ether oxygens (including phenoxy) is 3. The van der Waals surface area contributed by atoms with Crippen LogP contribution in [0.4, 0.5) is 21.0 Å². The zero-order chi connectivity index (χ0) is 53.4. The molecule has 76 heavy (non-hydrogen) atoms. The van der Waals surface area contributed by atoms with Crippen molar-refractivity contribution in [2.24, 2.45) is 5.92 Å². The SMILES string of the molecule is CCOC(=O)C=CC(CCC(=O)NC(c1ccccc1)(c1ccccc1)c1ccccc1)C(Cc1ccccc1)n1cccc(NC(=O)OCc2ccccc2)c1=O.O=C(Nc1ccc[nH]c1=O)OCc1ccccc1. The minimum absolute atomic E-state index is 0.0304. The lowest BCUT2D eigenvalue weighted by Crippen LogP contribution is -2.48. The second-order valence-corrected chi connectivity index (χ2v) is 17.4. The van der Waals surface area contributed by atoms with Crippen molar-refractivity contribution < 1.29 is 33.4 Å². The zero-order valence-electron chi connectivity index (χ0n) is 42.0. The van der Waals surface area contributed by atoms with Gasteiger partial charge in [0.25, 0.3) is 11.1 Å². The van der Waals surface area contributed by atoms with Gasteiger partial charge in [0.05, 0.1) is 6.61 Å². The quantitative estimate of drug-likeness (QED) is 0.0249. The molecule has 8 rings (SSSR count). The molecule has 2 aromatic heterocycles. The van der Waals surface area contributed by atoms with Crippen molar-refractivity contribution in [1.29, 1.82) is 0 Å². The number of carbonyl (C=O) groups excluding carboxylic acids is 4. The minimum Gasteiger partial charge on any atom is -0.463 e. The summed E-state index contributed by atoms with van der Waals surface area (Å²) in [4.78, 5) is 79.6. The number of aromatic amines is 1. The van der Waals surface area contributed by atoms with Gasteiger partial charge in [-0.25, -0.2) is 14.4 Å². The second-order valence-electron chi connectivity index (χ2n) is 17.4. The normalized spacial score (nSPS) is 11.7. The maximum Gasteiger partial charge on any atom is 0.412 e. The van der Waals surface area contributed by atoms with Crippen LogP contribution in [-0.4, -0.2) is 40.2 Å². The third kappa shape index (κ3) is 15.5. The second kappa shape index (κ2) is 28.0. The molecule has 8 aromatic rings. The summed E-state index contributed by atoms with van der Waals surface area (Å²) in [6.45, 7) is 2.12. The third-order valence-electron chi connectivity index (χ3n) is 12.2. The summed E-state index contributed by atoms with van der Waals surface area (Å²) < 4.78 is 17.2. The Morgan fingerprint density at radius 2 is 1.03 bits per heavy atom. The Balaban J connectivity index is 0.000000392. The minimum atomic E-state index is -1.02. The highest BCUT2D eigenvalue weighted by atomic mass is 16.6. The highest BCUT2D eigenvalue weighted by molar-refractivity contribution is 5.85. The first-order valence-electron chi connectivity index (χ1n) is 24.8. The van der Waals surface area contributed by atoms with Gasteiger partial charge < -0.3 is 29.1 Å². The Morgan fingerprint density at radius 3 is 1.51 bits per heavy atom. The van der Waals surface area contributed by atoms with E-state index >= 15 is 0 Å². The number of carbonyl (C=O) groups is 4. The Morgan fingerprint density at radius 1 is 0.566 bits per heavy atom. The van der Waals surface area contributed by atoms with Gasteiger partial charge in [0.2, 0.25) is 5.91 Å². The lowest BCUT2D eigenvalue weighted by molar-refractivity contribution is -0.137. The molecule has 0 aliphatic heterocycles. The maximum absolute atomic E-state index is 14.5. The molecule has 2 unspecified atom stereocenters. The molecule has 0 aliphatic carbocycles. The van der Waals surface area contributed by atoms with E-state index in [0.29, 0.717) is 6.42 Å². The van der Waals surface area contributed by atoms with E-state index in [-0.39, 0.29) is 55.5 Å². The molecule has 0 aliphatic rings. The number of esters is 1. The highest BCUT2D eigenvalue weighted by Crippen LogP contribution is 2.37. The predicted molar refractivity (Wildman–Crippen MR) is 293 cm³/mol. The number of rotatable bonds is 20. The van der Waals surface area contributed by atoms with Crippen molar-refractivity contribution in [1.82, 2.24) is 14.9 Å². The molecule has 14 heteroatoms. The van der Waals surface area contributed by atoms with Gasteiger partial charge in [-0.1, -0.05) is 188 Å². The molecule has 0 saturated carbocycles. The highest BCUT2D eigenvalue weighted by Gasteiger charge is 2.38. The van der Waals surface area contributed by atoms with Gasteiger partial charge in [-0.2, -0.15) is 0 Å². The fourth-order valence-electron chi connectivity index (χ4n) is 8.60. The molecule has 14 nitrogen and oxygen atoms in total. The van der Waals surface area contributed by atoms with Crippen LogP contribution in [0.5, 0.6) is 0 Å². The van der Waals surface area contributed by atoms with Crippen LogP contribution in [0.3, 0.4) is 0 Å². The van der Waals surface area contributed by atoms with E-state index in [1.54, 1.807) is 35.9 Å². The zero-order valence-corrected chi connectivity index (χ0v) is 42.0. The Hall–Kier alpha value is -9.56. The van der Waals surface area contributed by atoms with E-state index in [1.165, 1.54) is 24.4 Å². The van der Waals surface area contributed by atoms with Gasteiger partial charge in [-0.15, -0.1) is 0 Å². The van der Waals surface area contributed by atoms with Crippen LogP contribution in [0, 0.1) is 5.92 Å². The molecular formula is C62H59N5O9. The number of allylic oxidation sites excluding steroid dienone is 1. The van der Waals surface area contributed by atoms with E-state index < -0.39 is 41.2 Å². The fourth-order valence-corrected chi connectivity index (χ4v) is 8.60. The van der Waals surface area contributed by atoms with Crippen molar-refractivity contribution in [3.63, 3.8) is 0 Å². The number of benzene rings is 6. The van der Waals surface area contributed by atoms with Crippen LogP contribution in [0.25, 0.3) is 0 Å². The molecule has 2 atom stereocenters. The predicted octanol–water partition coefficient (Wildman–Crippen LogP) is 11.1. The van der Waals surface area contributed by atoms with Crippen molar-refractivity contribution in [2.45, 2.75) is 51.0 Å². The summed E-state index contributed by atoms with van der Waals surface area (Å²) in [6, 6.07) is 63.6. The van der Waals surface area contributed by atoms with Crippen LogP contribution >= 0.6 is 0 Å². The molecule has 0 bridgehead atoms. The number of anilines is 2. The fraction of sp³-hybridized carbons (Fsp3) is 0.161. The number of hydrogen-bond donors (Lipinski definition) is 4. The van der Waals surface area contributed by atoms with Gasteiger partial charge in [-0.05, 0) is 83.3 Å². The van der Waals surface area contributed by atoms with Crippen LogP contribution < -0.4 is 27.1 Å². The van der Waals surface area contributed by atoms with Gasteiger partial charge in [-0.3, -0.25) is 25.0 Å². The van der Waals surface area contributed by atoms with Gasteiger partial charge in [0.15, 0.2) is 0 Å². The lowest BCUT2D eigenvalue weighted by Gasteiger charge is -2.37. The monoisotopic (exact) mass is 1020 g/mol. The van der Waals surface area contributed by atoms with Crippen molar-refractivity contribution in [3.05, 3.63) is 285 Å². The summed E-state index contributed by atoms with van der Waals surface area (Å²) >= 11 is 0. The molecule has 3 amide bonds. The Labute approximate surface area is 441 Å². The standard InChI is InChI=1S/C49H47N3O6.C13H12N2O3/c1-2-57-46(54)33-31-39(30-32-45(53)51-49(40-23-12-5-13-24-40,41-25-14-6-15-26-41)42-27-16-7-17-28-42)44(35-37-19-8-3-9-20-37)52-34-18-29-43(47(52)55)50-48(56)58-36-38-21-10-4-11-22-38;16-12-11(7-4-8-14-12)15-13(17)18-9-10-5-2-1-3-6-10/h3-29,31,33-34,39,44H,2,30,32,35-36H2,1H3,(H,50,56)(H,51,53);1-8H,9H2,(H,14,16)(H,15,17). The number of hydrogen-bond acceptors (Lipinski definition) is 9. The van der Waals surface area contributed by atoms with Crippen molar-refractivity contribution >= 4 is 35.4 Å². The molecule has 6 aromatic carbocycles. The van der Waals surface area contributed by atoms with Crippen LogP contribution in [0.15, 0.2) is 240 Å². The summed E-state index contributed by atoms with van der Waals surface area (Å²) in [5.41, 5.74) is 3.64. The number of nitrogens with zero attached hydrogens (tertiary/aromatic N) is 1. The van der Waals surface area contributed by atoms with Crippen LogP contribution in [0.2, 0.25) is 0 Å². The van der Waals surface area contributed by atoms with Gasteiger partial charge in [0.1, 0.15) is 30.1 Å². The largest absolute Gasteiger partial charge is 0.463 e. The first-order valence-corrected chi connectivity index (χ1v) is 24.8. The molecule has 4 N–H and O–H groups in total. The summed E-state index contributed by atoms with van der Waals surface area (Å²) in [5.74, 6) is -1.28.